The van der Waals surface area contributed by atoms with Crippen molar-refractivity contribution in [2.75, 3.05) is 13.2 Å². The van der Waals surface area contributed by atoms with Gasteiger partial charge in [-0.15, -0.1) is 6.58 Å². The van der Waals surface area contributed by atoms with E-state index in [-0.39, 0.29) is 5.78 Å². The summed E-state index contributed by atoms with van der Waals surface area (Å²) in [5.74, 6) is 2.58. The van der Waals surface area contributed by atoms with Crippen LogP contribution in [0.25, 0.3) is 6.08 Å². The van der Waals surface area contributed by atoms with E-state index in [0.29, 0.717) is 42.5 Å². The van der Waals surface area contributed by atoms with Crippen LogP contribution in [0.15, 0.2) is 67.5 Å². The molecule has 2 aromatic carbocycles. The van der Waals surface area contributed by atoms with Crippen LogP contribution in [-0.2, 0) is 6.42 Å². The highest BCUT2D eigenvalue weighted by Crippen LogP contribution is 2.35. The third-order valence-electron chi connectivity index (χ3n) is 4.35. The molecule has 0 bridgehead atoms. The predicted octanol–water partition coefficient (Wildman–Crippen LogP) is 6.80. The van der Waals surface area contributed by atoms with Crippen LogP contribution in [0.4, 0.5) is 0 Å². The highest BCUT2D eigenvalue weighted by Gasteiger charge is 2.14. The van der Waals surface area contributed by atoms with Crippen LogP contribution in [0.2, 0.25) is 0 Å². The summed E-state index contributed by atoms with van der Waals surface area (Å²) in [5, 5.41) is 0. The van der Waals surface area contributed by atoms with E-state index in [1.165, 1.54) is 0 Å². The largest absolute Gasteiger partial charge is 0.493 e. The molecule has 31 heavy (non-hydrogen) atoms. The maximum absolute atomic E-state index is 12.8. The van der Waals surface area contributed by atoms with Gasteiger partial charge >= 0.3 is 0 Å². The molecule has 0 N–H and O–H groups in total. The first kappa shape index (κ1) is 24.0. The Kier molecular flexibility index (Phi) is 9.63. The lowest BCUT2D eigenvalue weighted by molar-refractivity contribution is 0.104. The first-order chi connectivity index (χ1) is 15.0. The van der Waals surface area contributed by atoms with E-state index in [1.807, 2.05) is 18.2 Å². The van der Waals surface area contributed by atoms with Gasteiger partial charge in [0.05, 0.1) is 24.5 Å². The van der Waals surface area contributed by atoms with E-state index < -0.39 is 0 Å². The Morgan fingerprint density at radius 1 is 1.00 bits per heavy atom. The molecule has 0 aromatic heterocycles. The Bertz CT molecular complexity index is 923. The van der Waals surface area contributed by atoms with E-state index in [0.717, 1.165) is 29.7 Å². The monoisotopic (exact) mass is 420 g/mol. The zero-order chi connectivity index (χ0) is 22.6. The van der Waals surface area contributed by atoms with Gasteiger partial charge in [0, 0.05) is 5.56 Å². The molecular weight excluding hydrogens is 388 g/mol. The second kappa shape index (κ2) is 12.4. The molecule has 0 radical (unpaired) electrons. The van der Waals surface area contributed by atoms with Gasteiger partial charge in [-0.1, -0.05) is 32.6 Å². The average Bonchev–Trinajstić information content (AvgIpc) is 2.76. The van der Waals surface area contributed by atoms with Crippen LogP contribution < -0.4 is 14.2 Å². The molecule has 0 saturated heterocycles. The quantitative estimate of drug-likeness (QED) is 0.155. The van der Waals surface area contributed by atoms with Gasteiger partial charge in [0.25, 0.3) is 0 Å². The number of allylic oxidation sites excluding steroid dienone is 3. The summed E-state index contributed by atoms with van der Waals surface area (Å²) in [5.41, 5.74) is 2.36. The van der Waals surface area contributed by atoms with Crippen molar-refractivity contribution in [3.05, 3.63) is 84.2 Å². The summed E-state index contributed by atoms with van der Waals surface area (Å²) in [7, 11) is 0. The molecule has 0 aliphatic heterocycles. The van der Waals surface area contributed by atoms with Gasteiger partial charge in [-0.25, -0.2) is 0 Å². The summed E-state index contributed by atoms with van der Waals surface area (Å²) in [6, 6.07) is 10.9. The molecule has 0 atom stereocenters. The Labute approximate surface area is 185 Å². The Hall–Kier alpha value is -3.27. The normalized spacial score (nSPS) is 10.7. The van der Waals surface area contributed by atoms with E-state index in [1.54, 1.807) is 43.3 Å². The second-order valence-corrected chi connectivity index (χ2v) is 7.18. The minimum absolute atomic E-state index is 0.112. The topological polar surface area (TPSA) is 44.8 Å². The van der Waals surface area contributed by atoms with Gasteiger partial charge in [-0.2, -0.15) is 0 Å². The Morgan fingerprint density at radius 2 is 1.68 bits per heavy atom. The maximum atomic E-state index is 12.8. The fourth-order valence-electron chi connectivity index (χ4n) is 2.96. The molecule has 0 saturated carbocycles. The van der Waals surface area contributed by atoms with E-state index in [9.17, 15) is 4.79 Å². The van der Waals surface area contributed by atoms with Crippen molar-refractivity contribution in [2.45, 2.75) is 40.0 Å². The summed E-state index contributed by atoms with van der Waals surface area (Å²) >= 11 is 0. The zero-order valence-corrected chi connectivity index (χ0v) is 18.8. The van der Waals surface area contributed by atoms with Gasteiger partial charge in [0.2, 0.25) is 0 Å². The Morgan fingerprint density at radius 3 is 2.29 bits per heavy atom. The molecule has 0 fully saturated rings. The molecule has 0 spiro atoms. The average molecular weight is 421 g/mol. The molecule has 4 nitrogen and oxygen atoms in total. The van der Waals surface area contributed by atoms with Crippen molar-refractivity contribution in [1.29, 1.82) is 0 Å². The summed E-state index contributed by atoms with van der Waals surface area (Å²) in [6.45, 7) is 14.6. The van der Waals surface area contributed by atoms with E-state index in [4.69, 9.17) is 14.2 Å². The van der Waals surface area contributed by atoms with Crippen molar-refractivity contribution in [1.82, 2.24) is 0 Å². The second-order valence-electron chi connectivity index (χ2n) is 7.18. The maximum Gasteiger partial charge on any atom is 0.185 e. The van der Waals surface area contributed by atoms with Crippen LogP contribution in [0.1, 0.15) is 55.1 Å². The molecule has 2 rings (SSSR count). The standard InChI is InChI=1S/C27H32O4/c1-6-9-22-12-17-26(29-18-7-2)24(27(22)30-19-8-3)15-16-25(28)21-10-13-23(14-11-21)31-20(4)5/h6,10-17H,1,4,7-9,18-19H2,2-3,5H3. The first-order valence-corrected chi connectivity index (χ1v) is 10.7. The lowest BCUT2D eigenvalue weighted by Gasteiger charge is -2.17. The van der Waals surface area contributed by atoms with E-state index in [2.05, 4.69) is 27.0 Å². The molecule has 0 aliphatic rings. The number of benzene rings is 2. The third-order valence-corrected chi connectivity index (χ3v) is 4.35. The van der Waals surface area contributed by atoms with Gasteiger partial charge in [0.1, 0.15) is 17.2 Å². The predicted molar refractivity (Wildman–Crippen MR) is 127 cm³/mol. The highest BCUT2D eigenvalue weighted by atomic mass is 16.5. The fourth-order valence-corrected chi connectivity index (χ4v) is 2.96. The number of carbonyl (C=O) groups excluding carboxylic acids is 1. The Balaban J connectivity index is 2.37. The molecule has 0 unspecified atom stereocenters. The van der Waals surface area contributed by atoms with E-state index >= 15 is 0 Å². The summed E-state index contributed by atoms with van der Waals surface area (Å²) in [6.07, 6.45) is 7.62. The van der Waals surface area contributed by atoms with Gasteiger partial charge in [-0.05, 0) is 74.2 Å². The number of ketones is 1. The molecule has 4 heteroatoms. The van der Waals surface area contributed by atoms with Crippen LogP contribution in [0.5, 0.6) is 17.2 Å². The zero-order valence-electron chi connectivity index (χ0n) is 18.8. The van der Waals surface area contributed by atoms with Gasteiger partial charge in [0.15, 0.2) is 5.78 Å². The molecular formula is C27H32O4. The summed E-state index contributed by atoms with van der Waals surface area (Å²) in [4.78, 5) is 12.8. The van der Waals surface area contributed by atoms with Gasteiger partial charge in [-0.3, -0.25) is 4.79 Å². The molecule has 2 aromatic rings. The number of ether oxygens (including phenoxy) is 3. The van der Waals surface area contributed by atoms with Crippen molar-refractivity contribution >= 4 is 11.9 Å². The van der Waals surface area contributed by atoms with Crippen molar-refractivity contribution in [3.63, 3.8) is 0 Å². The molecule has 0 amide bonds. The molecule has 0 aliphatic carbocycles. The smallest absolute Gasteiger partial charge is 0.185 e. The first-order valence-electron chi connectivity index (χ1n) is 10.7. The number of rotatable bonds is 13. The van der Waals surface area contributed by atoms with Crippen molar-refractivity contribution < 1.29 is 19.0 Å². The van der Waals surface area contributed by atoms with Gasteiger partial charge < -0.3 is 14.2 Å². The summed E-state index contributed by atoms with van der Waals surface area (Å²) < 4.78 is 17.5. The number of carbonyl (C=O) groups is 1. The van der Waals surface area contributed by atoms with Crippen LogP contribution in [0.3, 0.4) is 0 Å². The number of hydrogen-bond acceptors (Lipinski definition) is 4. The lowest BCUT2D eigenvalue weighted by atomic mass is 10.0. The lowest BCUT2D eigenvalue weighted by Crippen LogP contribution is -2.04. The third kappa shape index (κ3) is 7.18. The minimum Gasteiger partial charge on any atom is -0.493 e. The minimum atomic E-state index is -0.112. The van der Waals surface area contributed by atoms with Crippen molar-refractivity contribution in [2.24, 2.45) is 0 Å². The van der Waals surface area contributed by atoms with Crippen LogP contribution in [0, 0.1) is 0 Å². The molecule has 0 heterocycles. The van der Waals surface area contributed by atoms with Crippen LogP contribution >= 0.6 is 0 Å². The number of hydrogen-bond donors (Lipinski definition) is 0. The highest BCUT2D eigenvalue weighted by molar-refractivity contribution is 6.07. The fraction of sp³-hybridized carbons (Fsp3) is 0.296. The van der Waals surface area contributed by atoms with Crippen LogP contribution in [-0.4, -0.2) is 19.0 Å². The SMILES string of the molecule is C=CCc1ccc(OCCC)c(C=CC(=O)c2ccc(OC(=C)C)cc2)c1OCCC. The molecule has 164 valence electrons. The van der Waals surface area contributed by atoms with Crippen molar-refractivity contribution in [3.8, 4) is 17.2 Å².